The zero-order valence-corrected chi connectivity index (χ0v) is 12.1. The number of hydrogen-bond donors (Lipinski definition) is 1. The van der Waals surface area contributed by atoms with Crippen LogP contribution in [0.1, 0.15) is 17.3 Å². The van der Waals surface area contributed by atoms with Gasteiger partial charge in [-0.25, -0.2) is 4.79 Å². The summed E-state index contributed by atoms with van der Waals surface area (Å²) in [6.07, 6.45) is 0. The van der Waals surface area contributed by atoms with E-state index in [1.54, 1.807) is 36.1 Å². The number of amides is 1. The van der Waals surface area contributed by atoms with Gasteiger partial charge in [0.05, 0.1) is 24.0 Å². The van der Waals surface area contributed by atoms with Crippen LogP contribution >= 0.6 is 11.8 Å². The normalized spacial score (nSPS) is 16.8. The first-order chi connectivity index (χ1) is 9.59. The summed E-state index contributed by atoms with van der Waals surface area (Å²) in [6.45, 7) is 4.14. The van der Waals surface area contributed by atoms with Crippen LogP contribution in [0.3, 0.4) is 0 Å². The van der Waals surface area contributed by atoms with Crippen molar-refractivity contribution in [1.29, 1.82) is 0 Å². The highest BCUT2D eigenvalue weighted by Gasteiger charge is 2.24. The van der Waals surface area contributed by atoms with E-state index < -0.39 is 5.97 Å². The molecule has 0 bridgehead atoms. The molecule has 0 radical (unpaired) electrons. The van der Waals surface area contributed by atoms with Crippen LogP contribution in [0.2, 0.25) is 0 Å². The minimum Gasteiger partial charge on any atom is -0.478 e. The quantitative estimate of drug-likeness (QED) is 0.857. The maximum absolute atomic E-state index is 12.3. The fraction of sp³-hybridized carbons (Fsp3) is 0.429. The van der Waals surface area contributed by atoms with E-state index in [4.69, 9.17) is 9.84 Å². The van der Waals surface area contributed by atoms with Crippen LogP contribution in [0.5, 0.6) is 0 Å². The Labute approximate surface area is 121 Å². The Morgan fingerprint density at radius 3 is 2.60 bits per heavy atom. The Balaban J connectivity index is 2.05. The number of carbonyl (C=O) groups is 2. The summed E-state index contributed by atoms with van der Waals surface area (Å²) in [5, 5.41) is 8.83. The van der Waals surface area contributed by atoms with Crippen LogP contribution in [0.4, 0.5) is 0 Å². The number of nitrogens with zero attached hydrogens (tertiary/aromatic N) is 1. The SMILES string of the molecule is C[C@H](Sc1ccccc1C(=O)O)C(=O)N1CCOCC1. The summed E-state index contributed by atoms with van der Waals surface area (Å²) in [6, 6.07) is 6.75. The summed E-state index contributed by atoms with van der Waals surface area (Å²) in [7, 11) is 0. The van der Waals surface area contributed by atoms with Gasteiger partial charge in [0.15, 0.2) is 0 Å². The van der Waals surface area contributed by atoms with Gasteiger partial charge in [-0.1, -0.05) is 12.1 Å². The van der Waals surface area contributed by atoms with E-state index in [0.717, 1.165) is 0 Å². The molecule has 1 atom stereocenters. The zero-order valence-electron chi connectivity index (χ0n) is 11.2. The monoisotopic (exact) mass is 295 g/mol. The first-order valence-electron chi connectivity index (χ1n) is 6.45. The van der Waals surface area contributed by atoms with Crippen molar-refractivity contribution >= 4 is 23.6 Å². The van der Waals surface area contributed by atoms with Crippen LogP contribution in [-0.2, 0) is 9.53 Å². The van der Waals surface area contributed by atoms with Crippen molar-refractivity contribution in [2.75, 3.05) is 26.3 Å². The van der Waals surface area contributed by atoms with E-state index in [0.29, 0.717) is 31.2 Å². The lowest BCUT2D eigenvalue weighted by Crippen LogP contribution is -2.44. The second-order valence-electron chi connectivity index (χ2n) is 4.50. The molecule has 2 rings (SSSR count). The molecule has 0 saturated carbocycles. The topological polar surface area (TPSA) is 66.8 Å². The van der Waals surface area contributed by atoms with E-state index in [1.165, 1.54) is 11.8 Å². The molecule has 1 fully saturated rings. The fourth-order valence-corrected chi connectivity index (χ4v) is 3.10. The Morgan fingerprint density at radius 2 is 1.95 bits per heavy atom. The molecule has 20 heavy (non-hydrogen) atoms. The zero-order chi connectivity index (χ0) is 14.5. The standard InChI is InChI=1S/C14H17NO4S/c1-10(13(16)15-6-8-19-9-7-15)20-12-5-3-2-4-11(12)14(17)18/h2-5,10H,6-9H2,1H3,(H,17,18)/t10-/m0/s1. The number of aromatic carboxylic acids is 1. The third kappa shape index (κ3) is 3.52. The number of benzene rings is 1. The van der Waals surface area contributed by atoms with Crippen molar-refractivity contribution in [3.05, 3.63) is 29.8 Å². The van der Waals surface area contributed by atoms with Gasteiger partial charge in [-0.3, -0.25) is 4.79 Å². The molecule has 1 aliphatic rings. The lowest BCUT2D eigenvalue weighted by Gasteiger charge is -2.29. The molecule has 1 heterocycles. The minimum absolute atomic E-state index is 0.0264. The summed E-state index contributed by atoms with van der Waals surface area (Å²) in [4.78, 5) is 25.8. The predicted molar refractivity (Wildman–Crippen MR) is 76.1 cm³/mol. The Morgan fingerprint density at radius 1 is 1.30 bits per heavy atom. The second kappa shape index (κ2) is 6.76. The molecule has 1 amide bonds. The minimum atomic E-state index is -0.973. The van der Waals surface area contributed by atoms with Crippen molar-refractivity contribution in [2.24, 2.45) is 0 Å². The van der Waals surface area contributed by atoms with E-state index in [9.17, 15) is 9.59 Å². The maximum atomic E-state index is 12.3. The van der Waals surface area contributed by atoms with E-state index in [-0.39, 0.29) is 16.7 Å². The van der Waals surface area contributed by atoms with Crippen molar-refractivity contribution in [1.82, 2.24) is 4.90 Å². The lowest BCUT2D eigenvalue weighted by atomic mass is 10.2. The first kappa shape index (κ1) is 14.9. The van der Waals surface area contributed by atoms with Gasteiger partial charge in [-0.2, -0.15) is 0 Å². The Hall–Kier alpha value is -1.53. The highest BCUT2D eigenvalue weighted by Crippen LogP contribution is 2.28. The molecule has 1 aliphatic heterocycles. The van der Waals surface area contributed by atoms with Gasteiger partial charge in [0.2, 0.25) is 5.91 Å². The number of hydrogen-bond acceptors (Lipinski definition) is 4. The number of thioether (sulfide) groups is 1. The second-order valence-corrected chi connectivity index (χ2v) is 5.88. The van der Waals surface area contributed by atoms with Crippen LogP contribution < -0.4 is 0 Å². The summed E-state index contributed by atoms with van der Waals surface area (Å²) in [5.74, 6) is -0.947. The molecule has 1 saturated heterocycles. The number of carbonyl (C=O) groups excluding carboxylic acids is 1. The van der Waals surface area contributed by atoms with Gasteiger partial charge in [-0.05, 0) is 19.1 Å². The Kier molecular flexibility index (Phi) is 5.03. The largest absolute Gasteiger partial charge is 0.478 e. The van der Waals surface area contributed by atoms with Gasteiger partial charge in [0.1, 0.15) is 0 Å². The van der Waals surface area contributed by atoms with Crippen molar-refractivity contribution in [3.63, 3.8) is 0 Å². The van der Waals surface area contributed by atoms with E-state index in [2.05, 4.69) is 0 Å². The smallest absolute Gasteiger partial charge is 0.336 e. The molecule has 0 unspecified atom stereocenters. The number of carboxylic acids is 1. The Bertz CT molecular complexity index is 500. The van der Waals surface area contributed by atoms with Crippen molar-refractivity contribution < 1.29 is 19.4 Å². The molecule has 1 N–H and O–H groups in total. The average Bonchev–Trinajstić information content (AvgIpc) is 2.47. The van der Waals surface area contributed by atoms with Crippen LogP contribution in [0, 0.1) is 0 Å². The average molecular weight is 295 g/mol. The summed E-state index contributed by atoms with van der Waals surface area (Å²) >= 11 is 1.29. The highest BCUT2D eigenvalue weighted by molar-refractivity contribution is 8.00. The third-order valence-corrected chi connectivity index (χ3v) is 4.26. The van der Waals surface area contributed by atoms with Crippen molar-refractivity contribution in [3.8, 4) is 0 Å². The van der Waals surface area contributed by atoms with Crippen LogP contribution in [-0.4, -0.2) is 53.4 Å². The van der Waals surface area contributed by atoms with Gasteiger partial charge >= 0.3 is 5.97 Å². The van der Waals surface area contributed by atoms with Gasteiger partial charge in [0.25, 0.3) is 0 Å². The van der Waals surface area contributed by atoms with Crippen LogP contribution in [0.15, 0.2) is 29.2 Å². The molecule has 0 spiro atoms. The van der Waals surface area contributed by atoms with Crippen molar-refractivity contribution in [2.45, 2.75) is 17.1 Å². The number of morpholine rings is 1. The molecule has 0 aromatic heterocycles. The molecule has 1 aromatic rings. The molecular formula is C14H17NO4S. The van der Waals surface area contributed by atoms with E-state index >= 15 is 0 Å². The molecule has 1 aromatic carbocycles. The van der Waals surface area contributed by atoms with Gasteiger partial charge in [-0.15, -0.1) is 11.8 Å². The molecule has 0 aliphatic carbocycles. The highest BCUT2D eigenvalue weighted by atomic mass is 32.2. The third-order valence-electron chi connectivity index (χ3n) is 3.09. The van der Waals surface area contributed by atoms with E-state index in [1.807, 2.05) is 0 Å². The summed E-state index contributed by atoms with van der Waals surface area (Å²) < 4.78 is 5.22. The number of ether oxygens (including phenoxy) is 1. The molecule has 108 valence electrons. The number of rotatable bonds is 4. The molecule has 6 heteroatoms. The number of carboxylic acid groups (broad SMARTS) is 1. The molecule has 5 nitrogen and oxygen atoms in total. The predicted octanol–water partition coefficient (Wildman–Crippen LogP) is 1.72. The maximum Gasteiger partial charge on any atom is 0.336 e. The molecular weight excluding hydrogens is 278 g/mol. The summed E-state index contributed by atoms with van der Waals surface area (Å²) in [5.41, 5.74) is 0.235. The first-order valence-corrected chi connectivity index (χ1v) is 7.33. The fourth-order valence-electron chi connectivity index (χ4n) is 2.03. The van der Waals surface area contributed by atoms with Gasteiger partial charge < -0.3 is 14.7 Å². The van der Waals surface area contributed by atoms with Gasteiger partial charge in [0, 0.05) is 18.0 Å². The van der Waals surface area contributed by atoms with Crippen LogP contribution in [0.25, 0.3) is 0 Å². The lowest BCUT2D eigenvalue weighted by molar-refractivity contribution is -0.134.